The number of halogens is 1. The van der Waals surface area contributed by atoms with Crippen molar-refractivity contribution in [3.8, 4) is 5.75 Å². The number of benzene rings is 1. The Labute approximate surface area is 98.4 Å². The van der Waals surface area contributed by atoms with Crippen molar-refractivity contribution in [3.63, 3.8) is 0 Å². The molecule has 2 aromatic rings. The molecule has 2 rings (SSSR count). The van der Waals surface area contributed by atoms with Crippen molar-refractivity contribution >= 4 is 17.5 Å². The molecule has 0 unspecified atom stereocenters. The summed E-state index contributed by atoms with van der Waals surface area (Å²) < 4.78 is 5.26. The Bertz CT molecular complexity index is 496. The van der Waals surface area contributed by atoms with E-state index in [1.807, 2.05) is 12.1 Å². The molecule has 0 spiro atoms. The van der Waals surface area contributed by atoms with Crippen LogP contribution >= 0.6 is 11.6 Å². The normalized spacial score (nSPS) is 10.4. The fraction of sp³-hybridized carbons (Fsp3) is 0.182. The van der Waals surface area contributed by atoms with E-state index in [9.17, 15) is 0 Å². The molecular formula is C11H12ClN3O. The molecule has 0 aliphatic carbocycles. The minimum absolute atomic E-state index is 0.413. The quantitative estimate of drug-likeness (QED) is 0.861. The van der Waals surface area contributed by atoms with Gasteiger partial charge in [-0.25, -0.2) is 4.98 Å². The van der Waals surface area contributed by atoms with Crippen LogP contribution in [0.3, 0.4) is 0 Å². The zero-order valence-electron chi connectivity index (χ0n) is 8.83. The number of anilines is 1. The van der Waals surface area contributed by atoms with E-state index in [0.717, 1.165) is 17.0 Å². The minimum atomic E-state index is 0.413. The molecule has 4 nitrogen and oxygen atoms in total. The summed E-state index contributed by atoms with van der Waals surface area (Å²) in [5.74, 6) is 1.22. The third kappa shape index (κ3) is 2.28. The second-order valence-electron chi connectivity index (χ2n) is 3.43. The second-order valence-corrected chi connectivity index (χ2v) is 3.86. The van der Waals surface area contributed by atoms with E-state index < -0.39 is 0 Å². The predicted molar refractivity (Wildman–Crippen MR) is 63.8 cm³/mol. The first-order valence-electron chi connectivity index (χ1n) is 4.81. The number of H-pyrrole nitrogens is 1. The lowest BCUT2D eigenvalue weighted by atomic mass is 10.1. The van der Waals surface area contributed by atoms with Crippen molar-refractivity contribution in [1.29, 1.82) is 0 Å². The Balaban J connectivity index is 2.29. The van der Waals surface area contributed by atoms with Gasteiger partial charge in [0.05, 0.1) is 13.3 Å². The lowest BCUT2D eigenvalue weighted by Crippen LogP contribution is -1.94. The summed E-state index contributed by atoms with van der Waals surface area (Å²) in [6.45, 7) is 0. The fourth-order valence-corrected chi connectivity index (χ4v) is 1.75. The topological polar surface area (TPSA) is 63.9 Å². The lowest BCUT2D eigenvalue weighted by molar-refractivity contribution is 0.410. The molecule has 0 amide bonds. The standard InChI is InChI=1S/C11H12ClN3O/c1-16-10-3-2-8(12)4-7(10)5-9-6-14-11(13)15-9/h2-4,6H,5H2,1H3,(H3,13,14,15). The van der Waals surface area contributed by atoms with Gasteiger partial charge in [-0.1, -0.05) is 11.6 Å². The average Bonchev–Trinajstić information content (AvgIpc) is 2.64. The molecule has 0 fully saturated rings. The van der Waals surface area contributed by atoms with Crippen LogP contribution in [0.4, 0.5) is 5.95 Å². The van der Waals surface area contributed by atoms with Crippen molar-refractivity contribution < 1.29 is 4.74 Å². The molecule has 5 heteroatoms. The Morgan fingerprint density at radius 1 is 1.50 bits per heavy atom. The predicted octanol–water partition coefficient (Wildman–Crippen LogP) is 2.24. The highest BCUT2D eigenvalue weighted by Crippen LogP contribution is 2.24. The van der Waals surface area contributed by atoms with Gasteiger partial charge in [0, 0.05) is 22.7 Å². The fourth-order valence-electron chi connectivity index (χ4n) is 1.56. The summed E-state index contributed by atoms with van der Waals surface area (Å²) in [6.07, 6.45) is 2.36. The number of imidazole rings is 1. The number of nitrogens with two attached hydrogens (primary N) is 1. The van der Waals surface area contributed by atoms with Gasteiger partial charge in [-0.15, -0.1) is 0 Å². The molecule has 0 aliphatic rings. The van der Waals surface area contributed by atoms with Crippen LogP contribution in [0.15, 0.2) is 24.4 Å². The number of rotatable bonds is 3. The van der Waals surface area contributed by atoms with Crippen molar-refractivity contribution in [1.82, 2.24) is 9.97 Å². The molecule has 0 saturated carbocycles. The van der Waals surface area contributed by atoms with Crippen molar-refractivity contribution in [3.05, 3.63) is 40.7 Å². The van der Waals surface area contributed by atoms with Gasteiger partial charge in [-0.2, -0.15) is 0 Å². The largest absolute Gasteiger partial charge is 0.496 e. The zero-order valence-corrected chi connectivity index (χ0v) is 9.58. The van der Waals surface area contributed by atoms with Crippen LogP contribution < -0.4 is 10.5 Å². The summed E-state index contributed by atoms with van der Waals surface area (Å²) in [5, 5.41) is 0.684. The molecule has 1 aromatic carbocycles. The highest BCUT2D eigenvalue weighted by Gasteiger charge is 2.06. The van der Waals surface area contributed by atoms with Gasteiger partial charge >= 0.3 is 0 Å². The molecule has 1 heterocycles. The van der Waals surface area contributed by atoms with Crippen LogP contribution in [-0.2, 0) is 6.42 Å². The van der Waals surface area contributed by atoms with E-state index in [2.05, 4.69) is 9.97 Å². The number of nitrogens with one attached hydrogen (secondary N) is 1. The highest BCUT2D eigenvalue weighted by molar-refractivity contribution is 6.30. The van der Waals surface area contributed by atoms with E-state index >= 15 is 0 Å². The highest BCUT2D eigenvalue weighted by atomic mass is 35.5. The van der Waals surface area contributed by atoms with Crippen LogP contribution in [0.2, 0.25) is 5.02 Å². The molecule has 3 N–H and O–H groups in total. The van der Waals surface area contributed by atoms with E-state index in [-0.39, 0.29) is 0 Å². The van der Waals surface area contributed by atoms with Crippen LogP contribution in [0.25, 0.3) is 0 Å². The summed E-state index contributed by atoms with van der Waals surface area (Å²) in [6, 6.07) is 5.51. The smallest absolute Gasteiger partial charge is 0.197 e. The molecule has 0 aliphatic heterocycles. The van der Waals surface area contributed by atoms with Gasteiger partial charge in [0.25, 0.3) is 0 Å². The van der Waals surface area contributed by atoms with Gasteiger partial charge in [0.1, 0.15) is 5.75 Å². The number of nitrogens with zero attached hydrogens (tertiary/aromatic N) is 1. The number of hydrogen-bond acceptors (Lipinski definition) is 3. The maximum Gasteiger partial charge on any atom is 0.197 e. The summed E-state index contributed by atoms with van der Waals surface area (Å²) in [5.41, 5.74) is 7.44. The summed E-state index contributed by atoms with van der Waals surface area (Å²) >= 11 is 5.94. The van der Waals surface area contributed by atoms with E-state index in [1.165, 1.54) is 0 Å². The van der Waals surface area contributed by atoms with Crippen LogP contribution in [0.5, 0.6) is 5.75 Å². The van der Waals surface area contributed by atoms with E-state index in [0.29, 0.717) is 17.4 Å². The first-order chi connectivity index (χ1) is 7.69. The summed E-state index contributed by atoms with van der Waals surface area (Å²) in [7, 11) is 1.63. The van der Waals surface area contributed by atoms with Crippen molar-refractivity contribution in [2.75, 3.05) is 12.8 Å². The zero-order chi connectivity index (χ0) is 11.5. The lowest BCUT2D eigenvalue weighted by Gasteiger charge is -2.07. The number of aromatic nitrogens is 2. The first-order valence-corrected chi connectivity index (χ1v) is 5.18. The first kappa shape index (κ1) is 10.8. The van der Waals surface area contributed by atoms with Crippen LogP contribution in [0.1, 0.15) is 11.3 Å². The average molecular weight is 238 g/mol. The minimum Gasteiger partial charge on any atom is -0.496 e. The number of methoxy groups -OCH3 is 1. The monoisotopic (exact) mass is 237 g/mol. The molecule has 0 atom stereocenters. The molecule has 1 aromatic heterocycles. The third-order valence-corrected chi connectivity index (χ3v) is 2.51. The molecule has 84 valence electrons. The van der Waals surface area contributed by atoms with E-state index in [1.54, 1.807) is 19.4 Å². The molecular weight excluding hydrogens is 226 g/mol. The number of ether oxygens (including phenoxy) is 1. The Hall–Kier alpha value is -1.68. The Kier molecular flexibility index (Phi) is 3.01. The molecule has 0 radical (unpaired) electrons. The number of nitrogen functional groups attached to an aromatic ring is 1. The molecule has 0 saturated heterocycles. The van der Waals surface area contributed by atoms with Crippen molar-refractivity contribution in [2.45, 2.75) is 6.42 Å². The van der Waals surface area contributed by atoms with Gasteiger partial charge in [0.15, 0.2) is 5.95 Å². The van der Waals surface area contributed by atoms with Crippen molar-refractivity contribution in [2.24, 2.45) is 0 Å². The summed E-state index contributed by atoms with van der Waals surface area (Å²) in [4.78, 5) is 6.90. The van der Waals surface area contributed by atoms with Gasteiger partial charge < -0.3 is 15.5 Å². The van der Waals surface area contributed by atoms with E-state index in [4.69, 9.17) is 22.1 Å². The Morgan fingerprint density at radius 3 is 2.94 bits per heavy atom. The second kappa shape index (κ2) is 4.45. The van der Waals surface area contributed by atoms with Gasteiger partial charge in [0.2, 0.25) is 0 Å². The Morgan fingerprint density at radius 2 is 2.31 bits per heavy atom. The third-order valence-electron chi connectivity index (χ3n) is 2.27. The maximum absolute atomic E-state index is 5.94. The van der Waals surface area contributed by atoms with Gasteiger partial charge in [-0.3, -0.25) is 0 Å². The SMILES string of the molecule is COc1ccc(Cl)cc1Cc1cnc(N)[nH]1. The maximum atomic E-state index is 5.94. The molecule has 0 bridgehead atoms. The van der Waals surface area contributed by atoms with Crippen LogP contribution in [-0.4, -0.2) is 17.1 Å². The van der Waals surface area contributed by atoms with Gasteiger partial charge in [-0.05, 0) is 18.2 Å². The molecule has 16 heavy (non-hydrogen) atoms. The number of aromatic amines is 1. The number of hydrogen-bond donors (Lipinski definition) is 2. The van der Waals surface area contributed by atoms with Crippen LogP contribution in [0, 0.1) is 0 Å².